The highest BCUT2D eigenvalue weighted by Crippen LogP contribution is 2.41. The number of aliphatic hydroxyl groups excluding tert-OH is 1. The van der Waals surface area contributed by atoms with Crippen molar-refractivity contribution in [2.45, 2.75) is 25.7 Å². The van der Waals surface area contributed by atoms with Crippen LogP contribution >= 0.6 is 11.6 Å². The van der Waals surface area contributed by atoms with E-state index in [0.29, 0.717) is 18.4 Å². The third kappa shape index (κ3) is 3.30. The summed E-state index contributed by atoms with van der Waals surface area (Å²) in [6, 6.07) is 16.0. The molecule has 1 aliphatic heterocycles. The van der Waals surface area contributed by atoms with Gasteiger partial charge in [0.15, 0.2) is 0 Å². The van der Waals surface area contributed by atoms with Crippen LogP contribution in [0.5, 0.6) is 5.75 Å². The highest BCUT2D eigenvalue weighted by atomic mass is 35.5. The molecule has 2 fully saturated rings. The fourth-order valence-corrected chi connectivity index (χ4v) is 3.98. The fourth-order valence-electron chi connectivity index (χ4n) is 3.85. The lowest BCUT2D eigenvalue weighted by molar-refractivity contribution is -0.00435. The lowest BCUT2D eigenvalue weighted by Gasteiger charge is -2.35. The van der Waals surface area contributed by atoms with Gasteiger partial charge in [-0.25, -0.2) is 0 Å². The van der Waals surface area contributed by atoms with Crippen molar-refractivity contribution in [1.82, 2.24) is 4.90 Å². The highest BCUT2D eigenvalue weighted by molar-refractivity contribution is 6.30. The van der Waals surface area contributed by atoms with Crippen LogP contribution in [0, 0.1) is 11.8 Å². The van der Waals surface area contributed by atoms with Gasteiger partial charge in [0.1, 0.15) is 12.4 Å². The average Bonchev–Trinajstić information content (AvgIpc) is 2.92. The molecule has 0 unspecified atom stereocenters. The summed E-state index contributed by atoms with van der Waals surface area (Å²) in [6.45, 7) is 3.51. The number of para-hydroxylation sites is 1. The van der Waals surface area contributed by atoms with Crippen molar-refractivity contribution < 1.29 is 9.84 Å². The maximum Gasteiger partial charge on any atom is 0.124 e. The van der Waals surface area contributed by atoms with Gasteiger partial charge in [0.2, 0.25) is 0 Å². The van der Waals surface area contributed by atoms with Crippen LogP contribution in [0.25, 0.3) is 0 Å². The number of hydrogen-bond acceptors (Lipinski definition) is 3. The topological polar surface area (TPSA) is 32.7 Å². The van der Waals surface area contributed by atoms with Gasteiger partial charge in [0.05, 0.1) is 6.10 Å². The third-order valence-electron chi connectivity index (χ3n) is 5.28. The number of likely N-dealkylation sites (tertiary alicyclic amines) is 1. The molecule has 2 aliphatic rings. The first-order valence-electron chi connectivity index (χ1n) is 8.54. The van der Waals surface area contributed by atoms with Crippen LogP contribution in [0.4, 0.5) is 0 Å². The Morgan fingerprint density at radius 2 is 1.88 bits per heavy atom. The molecule has 2 aromatic rings. The van der Waals surface area contributed by atoms with Crippen LogP contribution in [0.1, 0.15) is 17.5 Å². The molecule has 1 N–H and O–H groups in total. The van der Waals surface area contributed by atoms with E-state index in [9.17, 15) is 5.11 Å². The molecular formula is C20H22ClNO2. The zero-order valence-corrected chi connectivity index (χ0v) is 14.3. The van der Waals surface area contributed by atoms with Crippen LogP contribution in [-0.4, -0.2) is 29.2 Å². The first-order valence-corrected chi connectivity index (χ1v) is 8.92. The van der Waals surface area contributed by atoms with E-state index in [1.165, 1.54) is 5.56 Å². The molecule has 1 saturated carbocycles. The van der Waals surface area contributed by atoms with Crippen LogP contribution in [-0.2, 0) is 13.2 Å². The number of benzene rings is 2. The summed E-state index contributed by atoms with van der Waals surface area (Å²) in [7, 11) is 0. The molecule has 2 aromatic carbocycles. The Kier molecular flexibility index (Phi) is 4.49. The molecule has 0 aromatic heterocycles. The molecule has 1 saturated heterocycles. The van der Waals surface area contributed by atoms with Gasteiger partial charge < -0.3 is 9.84 Å². The number of rotatable bonds is 5. The van der Waals surface area contributed by atoms with Crippen molar-refractivity contribution >= 4 is 11.6 Å². The Labute approximate surface area is 147 Å². The summed E-state index contributed by atoms with van der Waals surface area (Å²) in [6.07, 6.45) is 0.881. The third-order valence-corrected chi connectivity index (χ3v) is 5.53. The van der Waals surface area contributed by atoms with E-state index in [0.717, 1.165) is 42.4 Å². The Hall–Kier alpha value is -1.55. The minimum atomic E-state index is -0.0867. The smallest absolute Gasteiger partial charge is 0.124 e. The number of halogens is 1. The van der Waals surface area contributed by atoms with E-state index in [4.69, 9.17) is 16.3 Å². The van der Waals surface area contributed by atoms with Crippen molar-refractivity contribution in [1.29, 1.82) is 0 Å². The van der Waals surface area contributed by atoms with Gasteiger partial charge in [0.25, 0.3) is 0 Å². The van der Waals surface area contributed by atoms with E-state index in [-0.39, 0.29) is 6.10 Å². The molecule has 1 heterocycles. The monoisotopic (exact) mass is 343 g/mol. The zero-order chi connectivity index (χ0) is 16.5. The molecule has 0 amide bonds. The quantitative estimate of drug-likeness (QED) is 0.897. The number of ether oxygens (including phenoxy) is 1. The van der Waals surface area contributed by atoms with Crippen molar-refractivity contribution in [3.63, 3.8) is 0 Å². The fraction of sp³-hybridized carbons (Fsp3) is 0.400. The number of aliphatic hydroxyl groups is 1. The first kappa shape index (κ1) is 15.9. The molecule has 3 nitrogen and oxygen atoms in total. The summed E-state index contributed by atoms with van der Waals surface area (Å²) >= 11 is 5.92. The molecule has 1 aliphatic carbocycles. The van der Waals surface area contributed by atoms with Crippen molar-refractivity contribution in [2.75, 3.05) is 13.1 Å². The molecule has 0 radical (unpaired) electrons. The second-order valence-electron chi connectivity index (χ2n) is 6.94. The van der Waals surface area contributed by atoms with Gasteiger partial charge in [-0.3, -0.25) is 4.90 Å². The Balaban J connectivity index is 1.40. The van der Waals surface area contributed by atoms with Gasteiger partial charge in [-0.2, -0.15) is 0 Å². The van der Waals surface area contributed by atoms with Crippen molar-refractivity contribution in [2.24, 2.45) is 11.8 Å². The van der Waals surface area contributed by atoms with E-state index >= 15 is 0 Å². The van der Waals surface area contributed by atoms with E-state index < -0.39 is 0 Å². The largest absolute Gasteiger partial charge is 0.489 e. The van der Waals surface area contributed by atoms with Crippen LogP contribution < -0.4 is 4.74 Å². The summed E-state index contributed by atoms with van der Waals surface area (Å²) in [5, 5.41) is 10.6. The molecule has 0 bridgehead atoms. The average molecular weight is 344 g/mol. The van der Waals surface area contributed by atoms with Crippen LogP contribution in [0.3, 0.4) is 0 Å². The number of fused-ring (bicyclic) bond motifs is 1. The second-order valence-corrected chi connectivity index (χ2v) is 7.38. The lowest BCUT2D eigenvalue weighted by Crippen LogP contribution is -2.39. The highest BCUT2D eigenvalue weighted by Gasteiger charge is 2.46. The molecule has 4 heteroatoms. The van der Waals surface area contributed by atoms with Gasteiger partial charge in [0, 0.05) is 36.1 Å². The van der Waals surface area contributed by atoms with E-state index in [2.05, 4.69) is 17.0 Å². The van der Waals surface area contributed by atoms with Gasteiger partial charge in [-0.1, -0.05) is 41.9 Å². The SMILES string of the molecule is O[C@@H]1C[C@@H]2CN(Cc3ccccc3OCc3ccc(Cl)cc3)C[C@@H]21. The van der Waals surface area contributed by atoms with Crippen molar-refractivity contribution in [3.8, 4) is 5.75 Å². The molecule has 0 spiro atoms. The maximum absolute atomic E-state index is 9.83. The first-order chi connectivity index (χ1) is 11.7. The Morgan fingerprint density at radius 3 is 2.62 bits per heavy atom. The summed E-state index contributed by atoms with van der Waals surface area (Å²) in [5.41, 5.74) is 2.32. The second kappa shape index (κ2) is 6.75. The molecule has 3 atom stereocenters. The Bertz CT molecular complexity index is 703. The van der Waals surface area contributed by atoms with Gasteiger partial charge in [-0.15, -0.1) is 0 Å². The summed E-state index contributed by atoms with van der Waals surface area (Å²) < 4.78 is 6.04. The van der Waals surface area contributed by atoms with Gasteiger partial charge in [-0.05, 0) is 36.1 Å². The summed E-state index contributed by atoms with van der Waals surface area (Å²) in [5.74, 6) is 2.10. The van der Waals surface area contributed by atoms with Gasteiger partial charge >= 0.3 is 0 Å². The molecule has 24 heavy (non-hydrogen) atoms. The van der Waals surface area contributed by atoms with Crippen LogP contribution in [0.15, 0.2) is 48.5 Å². The van der Waals surface area contributed by atoms with E-state index in [1.807, 2.05) is 36.4 Å². The van der Waals surface area contributed by atoms with Crippen molar-refractivity contribution in [3.05, 3.63) is 64.7 Å². The predicted octanol–water partition coefficient (Wildman–Crippen LogP) is 3.73. The standard InChI is InChI=1S/C20H22ClNO2/c21-17-7-5-14(6-8-17)13-24-20-4-2-1-3-15(20)10-22-11-16-9-19(23)18(16)12-22/h1-8,16,18-19,23H,9-13H2/t16-,18+,19-/m1/s1. The summed E-state index contributed by atoms with van der Waals surface area (Å²) in [4.78, 5) is 2.44. The Morgan fingerprint density at radius 1 is 1.08 bits per heavy atom. The molecule has 4 rings (SSSR count). The van der Waals surface area contributed by atoms with E-state index in [1.54, 1.807) is 0 Å². The molecule has 126 valence electrons. The minimum absolute atomic E-state index is 0.0867. The number of hydrogen-bond donors (Lipinski definition) is 1. The maximum atomic E-state index is 9.83. The molecular weight excluding hydrogens is 322 g/mol. The zero-order valence-electron chi connectivity index (χ0n) is 13.6. The van der Waals surface area contributed by atoms with Crippen LogP contribution in [0.2, 0.25) is 5.02 Å². The predicted molar refractivity (Wildman–Crippen MR) is 95.1 cm³/mol. The number of nitrogens with zero attached hydrogens (tertiary/aromatic N) is 1. The normalized spacial score (nSPS) is 26.0. The minimum Gasteiger partial charge on any atom is -0.489 e. The lowest BCUT2D eigenvalue weighted by atomic mass is 9.74.